The summed E-state index contributed by atoms with van der Waals surface area (Å²) in [6.07, 6.45) is 1.51. The second kappa shape index (κ2) is 7.94. The third-order valence-corrected chi connectivity index (χ3v) is 4.28. The first-order valence-corrected chi connectivity index (χ1v) is 8.49. The second-order valence-electron chi connectivity index (χ2n) is 5.75. The van der Waals surface area contributed by atoms with Gasteiger partial charge in [0.2, 0.25) is 5.91 Å². The van der Waals surface area contributed by atoms with Crippen LogP contribution in [0.15, 0.2) is 53.3 Å². The van der Waals surface area contributed by atoms with Crippen LogP contribution in [-0.4, -0.2) is 15.9 Å². The number of carbonyl (C=O) groups is 1. The van der Waals surface area contributed by atoms with Crippen molar-refractivity contribution in [3.8, 4) is 0 Å². The Kier molecular flexibility index (Phi) is 5.46. The van der Waals surface area contributed by atoms with Gasteiger partial charge in [0.15, 0.2) is 0 Å². The summed E-state index contributed by atoms with van der Waals surface area (Å²) in [6.45, 7) is 0.406. The number of aryl methyl sites for hydroxylation is 1. The highest BCUT2D eigenvalue weighted by Crippen LogP contribution is 2.14. The first-order valence-electron chi connectivity index (χ1n) is 8.11. The SMILES string of the molecule is O=C(CCCc1nc2ccccc2c(=O)[nH]1)NCc1ccccc1Cl. The van der Waals surface area contributed by atoms with E-state index >= 15 is 0 Å². The Balaban J connectivity index is 1.52. The molecule has 1 aromatic heterocycles. The molecule has 0 radical (unpaired) electrons. The molecule has 0 aliphatic carbocycles. The summed E-state index contributed by atoms with van der Waals surface area (Å²) in [6, 6.07) is 14.6. The normalized spacial score (nSPS) is 10.8. The maximum Gasteiger partial charge on any atom is 0.258 e. The molecule has 0 unspecified atom stereocenters. The van der Waals surface area contributed by atoms with E-state index in [0.717, 1.165) is 5.56 Å². The van der Waals surface area contributed by atoms with E-state index in [2.05, 4.69) is 15.3 Å². The minimum Gasteiger partial charge on any atom is -0.352 e. The summed E-state index contributed by atoms with van der Waals surface area (Å²) < 4.78 is 0. The van der Waals surface area contributed by atoms with Crippen molar-refractivity contribution in [1.82, 2.24) is 15.3 Å². The first kappa shape index (κ1) is 17.2. The molecule has 6 heteroatoms. The van der Waals surface area contributed by atoms with Gasteiger partial charge in [-0.1, -0.05) is 41.9 Å². The Hall–Kier alpha value is -2.66. The summed E-state index contributed by atoms with van der Waals surface area (Å²) in [5.74, 6) is 0.547. The average molecular weight is 356 g/mol. The summed E-state index contributed by atoms with van der Waals surface area (Å²) in [7, 11) is 0. The molecular weight excluding hydrogens is 338 g/mol. The van der Waals surface area contributed by atoms with Gasteiger partial charge in [-0.25, -0.2) is 4.98 Å². The number of para-hydroxylation sites is 1. The minimum absolute atomic E-state index is 0.0527. The number of aromatic amines is 1. The number of aromatic nitrogens is 2. The smallest absolute Gasteiger partial charge is 0.258 e. The number of H-pyrrole nitrogens is 1. The fourth-order valence-corrected chi connectivity index (χ4v) is 2.80. The second-order valence-corrected chi connectivity index (χ2v) is 6.16. The van der Waals surface area contributed by atoms with E-state index in [1.165, 1.54) is 0 Å². The number of nitrogens with zero attached hydrogens (tertiary/aromatic N) is 1. The van der Waals surface area contributed by atoms with E-state index in [4.69, 9.17) is 11.6 Å². The molecule has 0 saturated carbocycles. The van der Waals surface area contributed by atoms with Gasteiger partial charge < -0.3 is 10.3 Å². The third kappa shape index (κ3) is 4.45. The Morgan fingerprint density at radius 1 is 1.12 bits per heavy atom. The Bertz CT molecular complexity index is 953. The van der Waals surface area contributed by atoms with Gasteiger partial charge in [-0.2, -0.15) is 0 Å². The lowest BCUT2D eigenvalue weighted by atomic mass is 10.2. The van der Waals surface area contributed by atoms with Crippen LogP contribution in [-0.2, 0) is 17.8 Å². The molecule has 0 fully saturated rings. The number of amides is 1. The van der Waals surface area contributed by atoms with Crippen molar-refractivity contribution >= 4 is 28.4 Å². The van der Waals surface area contributed by atoms with E-state index < -0.39 is 0 Å². The highest BCUT2D eigenvalue weighted by atomic mass is 35.5. The molecule has 0 bridgehead atoms. The maximum atomic E-state index is 12.0. The zero-order valence-corrected chi connectivity index (χ0v) is 14.3. The maximum absolute atomic E-state index is 12.0. The number of hydrogen-bond donors (Lipinski definition) is 2. The fraction of sp³-hybridized carbons (Fsp3) is 0.211. The van der Waals surface area contributed by atoms with Crippen molar-refractivity contribution in [1.29, 1.82) is 0 Å². The number of fused-ring (bicyclic) bond motifs is 1. The van der Waals surface area contributed by atoms with Crippen LogP contribution >= 0.6 is 11.6 Å². The molecule has 0 saturated heterocycles. The lowest BCUT2D eigenvalue weighted by Gasteiger charge is -2.07. The van der Waals surface area contributed by atoms with Crippen LogP contribution in [0.2, 0.25) is 5.02 Å². The molecule has 2 N–H and O–H groups in total. The molecule has 1 heterocycles. The van der Waals surface area contributed by atoms with Gasteiger partial charge in [-0.3, -0.25) is 9.59 Å². The van der Waals surface area contributed by atoms with Crippen LogP contribution in [0.3, 0.4) is 0 Å². The van der Waals surface area contributed by atoms with E-state index in [1.54, 1.807) is 12.1 Å². The summed E-state index contributed by atoms with van der Waals surface area (Å²) in [5, 5.41) is 4.06. The van der Waals surface area contributed by atoms with Crippen LogP contribution in [0.4, 0.5) is 0 Å². The van der Waals surface area contributed by atoms with Crippen molar-refractivity contribution in [3.05, 3.63) is 75.3 Å². The Morgan fingerprint density at radius 2 is 1.88 bits per heavy atom. The van der Waals surface area contributed by atoms with Crippen molar-refractivity contribution in [2.45, 2.75) is 25.8 Å². The predicted molar refractivity (Wildman–Crippen MR) is 98.6 cm³/mol. The van der Waals surface area contributed by atoms with E-state index in [-0.39, 0.29) is 11.5 Å². The standard InChI is InChI=1S/C19H18ClN3O2/c20-15-8-3-1-6-13(15)12-21-18(24)11-5-10-17-22-16-9-4-2-7-14(16)19(25)23-17/h1-4,6-9H,5,10-12H2,(H,21,24)(H,22,23,25). The van der Waals surface area contributed by atoms with Crippen molar-refractivity contribution < 1.29 is 4.79 Å². The van der Waals surface area contributed by atoms with Gasteiger partial charge in [-0.05, 0) is 30.2 Å². The van der Waals surface area contributed by atoms with Gasteiger partial charge in [0.1, 0.15) is 5.82 Å². The van der Waals surface area contributed by atoms with Crippen molar-refractivity contribution in [2.75, 3.05) is 0 Å². The number of nitrogens with one attached hydrogen (secondary N) is 2. The average Bonchev–Trinajstić information content (AvgIpc) is 2.61. The van der Waals surface area contributed by atoms with E-state index in [0.29, 0.717) is 47.6 Å². The molecule has 5 nitrogen and oxygen atoms in total. The number of hydrogen-bond acceptors (Lipinski definition) is 3. The number of rotatable bonds is 6. The molecule has 0 atom stereocenters. The van der Waals surface area contributed by atoms with Crippen LogP contribution in [0, 0.1) is 0 Å². The predicted octanol–water partition coefficient (Wildman–Crippen LogP) is 3.22. The molecule has 25 heavy (non-hydrogen) atoms. The summed E-state index contributed by atoms with van der Waals surface area (Å²) >= 11 is 6.06. The van der Waals surface area contributed by atoms with Crippen LogP contribution in [0.5, 0.6) is 0 Å². The zero-order valence-electron chi connectivity index (χ0n) is 13.6. The minimum atomic E-state index is -0.149. The molecule has 3 aromatic rings. The third-order valence-electron chi connectivity index (χ3n) is 3.91. The van der Waals surface area contributed by atoms with Crippen LogP contribution in [0.25, 0.3) is 10.9 Å². The monoisotopic (exact) mass is 355 g/mol. The largest absolute Gasteiger partial charge is 0.352 e. The molecule has 0 spiro atoms. The van der Waals surface area contributed by atoms with Gasteiger partial charge in [0.05, 0.1) is 10.9 Å². The fourth-order valence-electron chi connectivity index (χ4n) is 2.59. The molecule has 1 amide bonds. The molecule has 2 aromatic carbocycles. The van der Waals surface area contributed by atoms with Gasteiger partial charge in [0.25, 0.3) is 5.56 Å². The van der Waals surface area contributed by atoms with Crippen molar-refractivity contribution in [2.24, 2.45) is 0 Å². The quantitative estimate of drug-likeness (QED) is 0.713. The first-order chi connectivity index (χ1) is 12.1. The molecular formula is C19H18ClN3O2. The number of halogens is 1. The van der Waals surface area contributed by atoms with Gasteiger partial charge in [-0.15, -0.1) is 0 Å². The highest BCUT2D eigenvalue weighted by Gasteiger charge is 2.06. The molecule has 0 aliphatic heterocycles. The summed E-state index contributed by atoms with van der Waals surface area (Å²) in [4.78, 5) is 31.2. The van der Waals surface area contributed by atoms with E-state index in [9.17, 15) is 9.59 Å². The highest BCUT2D eigenvalue weighted by molar-refractivity contribution is 6.31. The van der Waals surface area contributed by atoms with Crippen LogP contribution < -0.4 is 10.9 Å². The number of benzene rings is 2. The topological polar surface area (TPSA) is 74.8 Å². The van der Waals surface area contributed by atoms with Gasteiger partial charge in [0, 0.05) is 24.4 Å². The van der Waals surface area contributed by atoms with E-state index in [1.807, 2.05) is 36.4 Å². The Morgan fingerprint density at radius 3 is 2.72 bits per heavy atom. The molecule has 0 aliphatic rings. The molecule has 128 valence electrons. The Labute approximate surface area is 150 Å². The zero-order chi connectivity index (χ0) is 17.6. The van der Waals surface area contributed by atoms with Crippen molar-refractivity contribution in [3.63, 3.8) is 0 Å². The lowest BCUT2D eigenvalue weighted by molar-refractivity contribution is -0.121. The summed E-state index contributed by atoms with van der Waals surface area (Å²) in [5.41, 5.74) is 1.41. The molecule has 3 rings (SSSR count). The van der Waals surface area contributed by atoms with Crippen LogP contribution in [0.1, 0.15) is 24.2 Å². The number of carbonyl (C=O) groups excluding carboxylic acids is 1. The van der Waals surface area contributed by atoms with Gasteiger partial charge >= 0.3 is 0 Å². The lowest BCUT2D eigenvalue weighted by Crippen LogP contribution is -2.22.